The zero-order valence-electron chi connectivity index (χ0n) is 11.1. The van der Waals surface area contributed by atoms with Crippen molar-refractivity contribution < 1.29 is 4.39 Å². The molecule has 2 rings (SSSR count). The zero-order valence-corrected chi connectivity index (χ0v) is 11.9. The normalized spacial score (nSPS) is 11.1. The fraction of sp³-hybridized carbons (Fsp3) is 0.286. The highest BCUT2D eigenvalue weighted by atomic mass is 35.5. The van der Waals surface area contributed by atoms with E-state index in [1.807, 2.05) is 13.8 Å². The summed E-state index contributed by atoms with van der Waals surface area (Å²) in [5, 5.41) is 0.0606. The van der Waals surface area contributed by atoms with Gasteiger partial charge in [0, 0.05) is 0 Å². The fourth-order valence-corrected chi connectivity index (χ4v) is 2.40. The maximum atomic E-state index is 13.1. The molecule has 0 aliphatic carbocycles. The van der Waals surface area contributed by atoms with Crippen molar-refractivity contribution in [2.45, 2.75) is 26.3 Å². The first-order valence-corrected chi connectivity index (χ1v) is 6.55. The third-order valence-electron chi connectivity index (χ3n) is 2.98. The highest BCUT2D eigenvalue weighted by molar-refractivity contribution is 6.30. The Hall–Kier alpha value is -1.88. The summed E-state index contributed by atoms with van der Waals surface area (Å²) in [6.45, 7) is 3.63. The van der Waals surface area contributed by atoms with Crippen molar-refractivity contribution in [2.75, 3.05) is 0 Å². The number of nitrogens with zero attached hydrogens (tertiary/aromatic N) is 1. The highest BCUT2D eigenvalue weighted by Crippen LogP contribution is 2.16. The standard InChI is InChI=1S/C14H14ClFN2O2/c1-8(2)11-12(15)17-14(20)18(13(11)19)7-9-4-3-5-10(16)6-9/h3-6,8H,7H2,1-2H3,(H,17,20). The van der Waals surface area contributed by atoms with Gasteiger partial charge in [-0.1, -0.05) is 37.6 Å². The Bertz CT molecular complexity index is 750. The first-order chi connectivity index (χ1) is 9.40. The van der Waals surface area contributed by atoms with Crippen LogP contribution in [0.5, 0.6) is 0 Å². The molecule has 1 aromatic heterocycles. The van der Waals surface area contributed by atoms with Gasteiger partial charge in [-0.2, -0.15) is 0 Å². The van der Waals surface area contributed by atoms with E-state index < -0.39 is 17.1 Å². The molecule has 0 atom stereocenters. The van der Waals surface area contributed by atoms with Crippen LogP contribution in [-0.4, -0.2) is 9.55 Å². The van der Waals surface area contributed by atoms with E-state index in [0.717, 1.165) is 4.57 Å². The molecule has 0 aliphatic heterocycles. The van der Waals surface area contributed by atoms with Gasteiger partial charge < -0.3 is 0 Å². The van der Waals surface area contributed by atoms with Gasteiger partial charge in [0.25, 0.3) is 5.56 Å². The molecule has 0 unspecified atom stereocenters. The number of hydrogen-bond donors (Lipinski definition) is 1. The van der Waals surface area contributed by atoms with E-state index in [2.05, 4.69) is 4.98 Å². The zero-order chi connectivity index (χ0) is 14.9. The Morgan fingerprint density at radius 1 is 1.35 bits per heavy atom. The summed E-state index contributed by atoms with van der Waals surface area (Å²) >= 11 is 5.90. The monoisotopic (exact) mass is 296 g/mol. The van der Waals surface area contributed by atoms with E-state index in [-0.39, 0.29) is 17.6 Å². The smallest absolute Gasteiger partial charge is 0.297 e. The second-order valence-electron chi connectivity index (χ2n) is 4.83. The van der Waals surface area contributed by atoms with Crippen LogP contribution < -0.4 is 11.2 Å². The largest absolute Gasteiger partial charge is 0.329 e. The third kappa shape index (κ3) is 2.82. The van der Waals surface area contributed by atoms with Gasteiger partial charge >= 0.3 is 5.69 Å². The molecular formula is C14H14ClFN2O2. The van der Waals surface area contributed by atoms with E-state index in [1.165, 1.54) is 18.2 Å². The van der Waals surface area contributed by atoms with Crippen molar-refractivity contribution in [1.29, 1.82) is 0 Å². The van der Waals surface area contributed by atoms with Gasteiger partial charge in [0.1, 0.15) is 11.0 Å². The highest BCUT2D eigenvalue weighted by Gasteiger charge is 2.15. The molecule has 1 N–H and O–H groups in total. The van der Waals surface area contributed by atoms with Crippen molar-refractivity contribution in [3.63, 3.8) is 0 Å². The summed E-state index contributed by atoms with van der Waals surface area (Å²) in [4.78, 5) is 26.6. The van der Waals surface area contributed by atoms with Crippen LogP contribution in [0.3, 0.4) is 0 Å². The summed E-state index contributed by atoms with van der Waals surface area (Å²) in [5.41, 5.74) is -0.163. The van der Waals surface area contributed by atoms with Gasteiger partial charge in [-0.3, -0.25) is 14.3 Å². The molecule has 0 saturated heterocycles. The summed E-state index contributed by atoms with van der Waals surface area (Å²) < 4.78 is 14.2. The number of halogens is 2. The number of benzene rings is 1. The van der Waals surface area contributed by atoms with Crippen LogP contribution in [0.25, 0.3) is 0 Å². The van der Waals surface area contributed by atoms with Gasteiger partial charge in [0.05, 0.1) is 12.1 Å². The summed E-state index contributed by atoms with van der Waals surface area (Å²) in [6.07, 6.45) is 0. The second-order valence-corrected chi connectivity index (χ2v) is 5.21. The molecule has 0 spiro atoms. The quantitative estimate of drug-likeness (QED) is 0.885. The van der Waals surface area contributed by atoms with Crippen LogP contribution >= 0.6 is 11.6 Å². The molecule has 0 radical (unpaired) electrons. The molecule has 2 aromatic rings. The SMILES string of the molecule is CC(C)c1c(Cl)[nH]c(=O)n(Cc2cccc(F)c2)c1=O. The average molecular weight is 297 g/mol. The van der Waals surface area contributed by atoms with Crippen LogP contribution in [0.1, 0.15) is 30.9 Å². The first-order valence-electron chi connectivity index (χ1n) is 6.17. The van der Waals surface area contributed by atoms with E-state index in [0.29, 0.717) is 11.1 Å². The first kappa shape index (κ1) is 14.5. The Morgan fingerprint density at radius 2 is 2.05 bits per heavy atom. The molecule has 20 heavy (non-hydrogen) atoms. The number of rotatable bonds is 3. The lowest BCUT2D eigenvalue weighted by Gasteiger charge is -2.11. The molecule has 0 amide bonds. The Morgan fingerprint density at radius 3 is 2.65 bits per heavy atom. The molecular weight excluding hydrogens is 283 g/mol. The maximum Gasteiger partial charge on any atom is 0.329 e. The summed E-state index contributed by atoms with van der Waals surface area (Å²) in [5.74, 6) is -0.532. The Labute approximate surface area is 119 Å². The predicted molar refractivity (Wildman–Crippen MR) is 75.9 cm³/mol. The van der Waals surface area contributed by atoms with Crippen LogP contribution in [0.2, 0.25) is 5.15 Å². The van der Waals surface area contributed by atoms with Gasteiger partial charge in [0.2, 0.25) is 0 Å². The van der Waals surface area contributed by atoms with Crippen molar-refractivity contribution in [3.8, 4) is 0 Å². The van der Waals surface area contributed by atoms with Crippen molar-refractivity contribution in [2.24, 2.45) is 0 Å². The summed E-state index contributed by atoms with van der Waals surface area (Å²) in [6, 6.07) is 5.77. The molecule has 1 aromatic carbocycles. The number of nitrogens with one attached hydrogen (secondary N) is 1. The molecule has 1 heterocycles. The predicted octanol–water partition coefficient (Wildman–Crippen LogP) is 2.50. The lowest BCUT2D eigenvalue weighted by molar-refractivity contribution is 0.618. The number of H-pyrrole nitrogens is 1. The van der Waals surface area contributed by atoms with E-state index in [9.17, 15) is 14.0 Å². The average Bonchev–Trinajstić information content (AvgIpc) is 2.33. The lowest BCUT2D eigenvalue weighted by Crippen LogP contribution is -2.38. The minimum Gasteiger partial charge on any atom is -0.297 e. The van der Waals surface area contributed by atoms with E-state index in [4.69, 9.17) is 11.6 Å². The topological polar surface area (TPSA) is 54.9 Å². The van der Waals surface area contributed by atoms with Gasteiger partial charge in [-0.25, -0.2) is 9.18 Å². The molecule has 0 saturated carbocycles. The molecule has 0 aliphatic rings. The molecule has 6 heteroatoms. The van der Waals surface area contributed by atoms with Gasteiger partial charge in [-0.05, 0) is 23.6 Å². The van der Waals surface area contributed by atoms with Gasteiger partial charge in [0.15, 0.2) is 0 Å². The van der Waals surface area contributed by atoms with Crippen molar-refractivity contribution in [1.82, 2.24) is 9.55 Å². The van der Waals surface area contributed by atoms with Crippen LogP contribution in [0, 0.1) is 5.82 Å². The molecule has 4 nitrogen and oxygen atoms in total. The Kier molecular flexibility index (Phi) is 4.09. The lowest BCUT2D eigenvalue weighted by atomic mass is 10.1. The minimum absolute atomic E-state index is 0.00279. The maximum absolute atomic E-state index is 13.1. The van der Waals surface area contributed by atoms with Gasteiger partial charge in [-0.15, -0.1) is 0 Å². The minimum atomic E-state index is -0.603. The Balaban J connectivity index is 2.55. The molecule has 0 bridgehead atoms. The van der Waals surface area contributed by atoms with E-state index >= 15 is 0 Å². The van der Waals surface area contributed by atoms with Crippen molar-refractivity contribution >= 4 is 11.6 Å². The number of hydrogen-bond acceptors (Lipinski definition) is 2. The number of aromatic nitrogens is 2. The van der Waals surface area contributed by atoms with Crippen LogP contribution in [-0.2, 0) is 6.54 Å². The van der Waals surface area contributed by atoms with Crippen LogP contribution in [0.4, 0.5) is 4.39 Å². The molecule has 0 fully saturated rings. The van der Waals surface area contributed by atoms with Crippen LogP contribution in [0.15, 0.2) is 33.9 Å². The van der Waals surface area contributed by atoms with Crippen molar-refractivity contribution in [3.05, 3.63) is 67.2 Å². The fourth-order valence-electron chi connectivity index (χ4n) is 2.02. The number of aromatic amines is 1. The molecule has 106 valence electrons. The van der Waals surface area contributed by atoms with E-state index in [1.54, 1.807) is 6.07 Å². The summed E-state index contributed by atoms with van der Waals surface area (Å²) in [7, 11) is 0. The second kappa shape index (κ2) is 5.63. The third-order valence-corrected chi connectivity index (χ3v) is 3.28.